The second-order valence-electron chi connectivity index (χ2n) is 6.48. The van der Waals surface area contributed by atoms with Gasteiger partial charge in [-0.1, -0.05) is 29.8 Å². The summed E-state index contributed by atoms with van der Waals surface area (Å²) in [6.45, 7) is 1.24. The van der Waals surface area contributed by atoms with Gasteiger partial charge in [0.15, 0.2) is 0 Å². The van der Waals surface area contributed by atoms with E-state index >= 15 is 0 Å². The third-order valence-electron chi connectivity index (χ3n) is 4.73. The maximum Gasteiger partial charge on any atom is 0.256 e. The van der Waals surface area contributed by atoms with Crippen LogP contribution in [0.3, 0.4) is 0 Å². The lowest BCUT2D eigenvalue weighted by atomic mass is 10.1. The Bertz CT molecular complexity index is 1120. The fourth-order valence-electron chi connectivity index (χ4n) is 3.39. The number of rotatable bonds is 3. The molecule has 5 nitrogen and oxygen atoms in total. The smallest absolute Gasteiger partial charge is 0.256 e. The summed E-state index contributed by atoms with van der Waals surface area (Å²) in [6, 6.07) is 13.0. The molecule has 0 saturated carbocycles. The highest BCUT2D eigenvalue weighted by atomic mass is 35.5. The molecule has 138 valence electrons. The topological polar surface area (TPSA) is 67.3 Å². The molecule has 2 aromatic carbocycles. The van der Waals surface area contributed by atoms with Crippen molar-refractivity contribution in [1.82, 2.24) is 9.88 Å². The molecule has 0 spiro atoms. The SMILES string of the molecule is O=C(c1cnc2ccc(Cl)cc2c1S(=O)(=O)c1ccccc1)N1CCCC1. The molecule has 0 aliphatic carbocycles. The van der Waals surface area contributed by atoms with Crippen LogP contribution >= 0.6 is 11.6 Å². The van der Waals surface area contributed by atoms with Gasteiger partial charge >= 0.3 is 0 Å². The average molecular weight is 401 g/mol. The Balaban J connectivity index is 2.02. The number of hydrogen-bond acceptors (Lipinski definition) is 4. The van der Waals surface area contributed by atoms with E-state index in [1.165, 1.54) is 18.3 Å². The van der Waals surface area contributed by atoms with Gasteiger partial charge in [-0.25, -0.2) is 8.42 Å². The number of halogens is 1. The van der Waals surface area contributed by atoms with Crippen molar-refractivity contribution in [3.63, 3.8) is 0 Å². The minimum absolute atomic E-state index is 0.0295. The first-order valence-corrected chi connectivity index (χ1v) is 10.5. The number of hydrogen-bond donors (Lipinski definition) is 0. The molecule has 0 bridgehead atoms. The van der Waals surface area contributed by atoms with Crippen molar-refractivity contribution in [3.05, 3.63) is 65.3 Å². The zero-order chi connectivity index (χ0) is 19.0. The van der Waals surface area contributed by atoms with Gasteiger partial charge in [-0.2, -0.15) is 0 Å². The molecule has 0 radical (unpaired) electrons. The second-order valence-corrected chi connectivity index (χ2v) is 8.80. The van der Waals surface area contributed by atoms with Crippen LogP contribution in [-0.2, 0) is 9.84 Å². The van der Waals surface area contributed by atoms with Crippen LogP contribution in [0.4, 0.5) is 0 Å². The zero-order valence-corrected chi connectivity index (χ0v) is 16.0. The number of aromatic nitrogens is 1. The number of amides is 1. The third-order valence-corrected chi connectivity index (χ3v) is 6.83. The first-order valence-electron chi connectivity index (χ1n) is 8.66. The molecular weight excluding hydrogens is 384 g/mol. The van der Waals surface area contributed by atoms with Gasteiger partial charge in [0.25, 0.3) is 5.91 Å². The quantitative estimate of drug-likeness (QED) is 0.667. The number of fused-ring (bicyclic) bond motifs is 1. The second kappa shape index (κ2) is 6.94. The Hall–Kier alpha value is -2.44. The van der Waals surface area contributed by atoms with Gasteiger partial charge in [0.1, 0.15) is 0 Å². The van der Waals surface area contributed by atoms with Crippen LogP contribution in [-0.4, -0.2) is 37.3 Å². The molecule has 4 rings (SSSR count). The summed E-state index contributed by atoms with van der Waals surface area (Å²) < 4.78 is 26.9. The van der Waals surface area contributed by atoms with Crippen molar-refractivity contribution in [2.45, 2.75) is 22.6 Å². The first-order chi connectivity index (χ1) is 13.0. The fourth-order valence-corrected chi connectivity index (χ4v) is 5.20. The van der Waals surface area contributed by atoms with Crippen molar-refractivity contribution in [2.24, 2.45) is 0 Å². The Morgan fingerprint density at radius 1 is 1.04 bits per heavy atom. The molecule has 7 heteroatoms. The fraction of sp³-hybridized carbons (Fsp3) is 0.200. The lowest BCUT2D eigenvalue weighted by Crippen LogP contribution is -2.29. The molecule has 1 fully saturated rings. The molecule has 1 aliphatic rings. The summed E-state index contributed by atoms with van der Waals surface area (Å²) >= 11 is 6.13. The maximum atomic E-state index is 13.5. The Morgan fingerprint density at radius 3 is 2.44 bits per heavy atom. The molecule has 0 N–H and O–H groups in total. The Labute approximate surface area is 162 Å². The van der Waals surface area contributed by atoms with Gasteiger partial charge in [0.05, 0.1) is 20.9 Å². The highest BCUT2D eigenvalue weighted by Crippen LogP contribution is 2.33. The molecule has 1 saturated heterocycles. The Kier molecular flexibility index (Phi) is 4.61. The van der Waals surface area contributed by atoms with Crippen molar-refractivity contribution < 1.29 is 13.2 Å². The van der Waals surface area contributed by atoms with Crippen molar-refractivity contribution >= 4 is 38.2 Å². The van der Waals surface area contributed by atoms with Gasteiger partial charge in [-0.3, -0.25) is 9.78 Å². The molecule has 1 amide bonds. The van der Waals surface area contributed by atoms with E-state index in [4.69, 9.17) is 11.6 Å². The average Bonchev–Trinajstić information content (AvgIpc) is 3.21. The van der Waals surface area contributed by atoms with Crippen molar-refractivity contribution in [1.29, 1.82) is 0 Å². The van der Waals surface area contributed by atoms with Crippen molar-refractivity contribution in [2.75, 3.05) is 13.1 Å². The number of nitrogens with zero attached hydrogens (tertiary/aromatic N) is 2. The van der Waals surface area contributed by atoms with E-state index in [1.54, 1.807) is 41.3 Å². The van der Waals surface area contributed by atoms with Gasteiger partial charge in [0, 0.05) is 29.7 Å². The summed E-state index contributed by atoms with van der Waals surface area (Å²) in [5, 5.41) is 0.746. The van der Waals surface area contributed by atoms with E-state index in [0.717, 1.165) is 12.8 Å². The highest BCUT2D eigenvalue weighted by molar-refractivity contribution is 7.91. The Morgan fingerprint density at radius 2 is 1.74 bits per heavy atom. The highest BCUT2D eigenvalue weighted by Gasteiger charge is 2.30. The normalized spacial score (nSPS) is 14.6. The van der Waals surface area contributed by atoms with Crippen LogP contribution < -0.4 is 0 Å². The van der Waals surface area contributed by atoms with E-state index in [2.05, 4.69) is 4.98 Å². The summed E-state index contributed by atoms with van der Waals surface area (Å²) in [5.41, 5.74) is 0.572. The zero-order valence-electron chi connectivity index (χ0n) is 14.4. The minimum Gasteiger partial charge on any atom is -0.339 e. The van der Waals surface area contributed by atoms with Gasteiger partial charge in [-0.15, -0.1) is 0 Å². The van der Waals surface area contributed by atoms with Gasteiger partial charge in [0.2, 0.25) is 9.84 Å². The number of sulfone groups is 1. The molecule has 3 aromatic rings. The minimum atomic E-state index is -3.93. The lowest BCUT2D eigenvalue weighted by Gasteiger charge is -2.19. The van der Waals surface area contributed by atoms with Crippen LogP contribution in [0, 0.1) is 0 Å². The van der Waals surface area contributed by atoms with E-state index in [1.807, 2.05) is 0 Å². The number of carbonyl (C=O) groups is 1. The first kappa shape index (κ1) is 17.9. The summed E-state index contributed by atoms with van der Waals surface area (Å²) in [5.74, 6) is -0.309. The molecule has 0 atom stereocenters. The molecule has 1 aromatic heterocycles. The molecule has 1 aliphatic heterocycles. The lowest BCUT2D eigenvalue weighted by molar-refractivity contribution is 0.0789. The van der Waals surface area contributed by atoms with Crippen LogP contribution in [0.25, 0.3) is 10.9 Å². The predicted octanol–water partition coefficient (Wildman–Crippen LogP) is 3.96. The number of benzene rings is 2. The molecule has 27 heavy (non-hydrogen) atoms. The standard InChI is InChI=1S/C20H17ClN2O3S/c21-14-8-9-18-16(12-14)19(27(25,26)15-6-2-1-3-7-15)17(13-22-18)20(24)23-10-4-5-11-23/h1-3,6-9,12-13H,4-5,10-11H2. The summed E-state index contributed by atoms with van der Waals surface area (Å²) in [4.78, 5) is 19.2. The van der Waals surface area contributed by atoms with E-state index in [0.29, 0.717) is 29.0 Å². The van der Waals surface area contributed by atoms with Crippen LogP contribution in [0.2, 0.25) is 5.02 Å². The van der Waals surface area contributed by atoms with Crippen LogP contribution in [0.5, 0.6) is 0 Å². The molecule has 2 heterocycles. The maximum absolute atomic E-state index is 13.5. The van der Waals surface area contributed by atoms with Gasteiger partial charge in [-0.05, 0) is 43.2 Å². The third kappa shape index (κ3) is 3.19. The van der Waals surface area contributed by atoms with Crippen LogP contribution in [0.1, 0.15) is 23.2 Å². The molecule has 0 unspecified atom stereocenters. The predicted molar refractivity (Wildman–Crippen MR) is 104 cm³/mol. The number of pyridine rings is 1. The monoisotopic (exact) mass is 400 g/mol. The van der Waals surface area contributed by atoms with E-state index < -0.39 is 9.84 Å². The summed E-state index contributed by atoms with van der Waals surface area (Å²) in [6.07, 6.45) is 3.20. The van der Waals surface area contributed by atoms with E-state index in [9.17, 15) is 13.2 Å². The van der Waals surface area contributed by atoms with E-state index in [-0.39, 0.29) is 21.3 Å². The van der Waals surface area contributed by atoms with Crippen LogP contribution in [0.15, 0.2) is 64.5 Å². The largest absolute Gasteiger partial charge is 0.339 e. The summed E-state index contributed by atoms with van der Waals surface area (Å²) in [7, 11) is -3.93. The number of carbonyl (C=O) groups excluding carboxylic acids is 1. The number of likely N-dealkylation sites (tertiary alicyclic amines) is 1. The van der Waals surface area contributed by atoms with Crippen molar-refractivity contribution in [3.8, 4) is 0 Å². The molecular formula is C20H17ClN2O3S. The van der Waals surface area contributed by atoms with Gasteiger partial charge < -0.3 is 4.90 Å².